The molecular weight excluding hydrogens is 450 g/mol. The largest absolute Gasteiger partial charge is 0.368 e. The molecule has 2 aliphatic rings. The number of halogens is 1. The number of fused-ring (bicyclic) bond motifs is 1. The average molecular weight is 472 g/mol. The highest BCUT2D eigenvalue weighted by atomic mass is 35.5. The Labute approximate surface area is 194 Å². The summed E-state index contributed by atoms with van der Waals surface area (Å²) in [5.41, 5.74) is 6.79. The van der Waals surface area contributed by atoms with E-state index < -0.39 is 29.0 Å². The minimum atomic E-state index is -0.962. The first-order chi connectivity index (χ1) is 15.3. The SMILES string of the molecule is NC(=O)CN1C(=O)C(NC(=O)C2CCC(=O)C2)C(c2ccccc2)Sc2cc(Cl)ccc21. The van der Waals surface area contributed by atoms with E-state index in [0.717, 1.165) is 5.56 Å². The van der Waals surface area contributed by atoms with E-state index in [1.54, 1.807) is 18.2 Å². The quantitative estimate of drug-likeness (QED) is 0.696. The first-order valence-electron chi connectivity index (χ1n) is 10.3. The van der Waals surface area contributed by atoms with E-state index in [2.05, 4.69) is 5.32 Å². The van der Waals surface area contributed by atoms with Gasteiger partial charge in [-0.1, -0.05) is 41.9 Å². The van der Waals surface area contributed by atoms with Crippen LogP contribution in [0.1, 0.15) is 30.1 Å². The first kappa shape index (κ1) is 22.4. The number of amides is 3. The Hall–Kier alpha value is -2.84. The van der Waals surface area contributed by atoms with Crippen LogP contribution in [0.3, 0.4) is 0 Å². The summed E-state index contributed by atoms with van der Waals surface area (Å²) in [6, 6.07) is 13.5. The molecule has 32 heavy (non-hydrogen) atoms. The fourth-order valence-electron chi connectivity index (χ4n) is 4.09. The molecule has 3 N–H and O–H groups in total. The van der Waals surface area contributed by atoms with Crippen molar-refractivity contribution in [3.8, 4) is 0 Å². The highest BCUT2D eigenvalue weighted by Gasteiger charge is 2.41. The third-order valence-electron chi connectivity index (χ3n) is 5.66. The number of benzene rings is 2. The van der Waals surface area contributed by atoms with Crippen LogP contribution in [-0.2, 0) is 19.2 Å². The summed E-state index contributed by atoms with van der Waals surface area (Å²) in [7, 11) is 0. The van der Waals surface area contributed by atoms with E-state index in [-0.39, 0.29) is 24.7 Å². The van der Waals surface area contributed by atoms with E-state index >= 15 is 0 Å². The van der Waals surface area contributed by atoms with Crippen LogP contribution in [0.25, 0.3) is 0 Å². The highest BCUT2D eigenvalue weighted by molar-refractivity contribution is 7.99. The Bertz CT molecular complexity index is 1080. The lowest BCUT2D eigenvalue weighted by molar-refractivity contribution is -0.130. The van der Waals surface area contributed by atoms with Gasteiger partial charge in [0.15, 0.2) is 0 Å². The number of hydrogen-bond donors (Lipinski definition) is 2. The third-order valence-corrected chi connectivity index (χ3v) is 7.27. The molecule has 0 aromatic heterocycles. The van der Waals surface area contributed by atoms with Crippen molar-refractivity contribution >= 4 is 52.6 Å². The molecule has 3 amide bonds. The maximum absolute atomic E-state index is 13.7. The number of carbonyl (C=O) groups excluding carboxylic acids is 4. The van der Waals surface area contributed by atoms with Crippen molar-refractivity contribution in [2.45, 2.75) is 35.4 Å². The van der Waals surface area contributed by atoms with Crippen molar-refractivity contribution in [3.05, 3.63) is 59.1 Å². The summed E-state index contributed by atoms with van der Waals surface area (Å²) < 4.78 is 0. The summed E-state index contributed by atoms with van der Waals surface area (Å²) in [5, 5.41) is 2.90. The lowest BCUT2D eigenvalue weighted by atomic mass is 10.0. The van der Waals surface area contributed by atoms with Gasteiger partial charge in [0.1, 0.15) is 18.4 Å². The van der Waals surface area contributed by atoms with Gasteiger partial charge in [0, 0.05) is 28.7 Å². The fraction of sp³-hybridized carbons (Fsp3) is 0.304. The number of anilines is 1. The Morgan fingerprint density at radius 3 is 2.56 bits per heavy atom. The third kappa shape index (κ3) is 4.66. The molecule has 1 heterocycles. The number of hydrogen-bond acceptors (Lipinski definition) is 5. The van der Waals surface area contributed by atoms with Crippen LogP contribution < -0.4 is 16.0 Å². The summed E-state index contributed by atoms with van der Waals surface area (Å²) in [6.45, 7) is -0.330. The molecule has 1 saturated carbocycles. The Kier molecular flexibility index (Phi) is 6.53. The monoisotopic (exact) mass is 471 g/mol. The second-order valence-corrected chi connectivity index (χ2v) is 9.54. The number of nitrogens with zero attached hydrogens (tertiary/aromatic N) is 1. The number of thioether (sulfide) groups is 1. The van der Waals surface area contributed by atoms with Crippen molar-refractivity contribution in [1.29, 1.82) is 0 Å². The molecular formula is C23H22ClN3O4S. The number of nitrogens with one attached hydrogen (secondary N) is 1. The normalized spacial score (nSPS) is 22.9. The fourth-order valence-corrected chi connectivity index (χ4v) is 5.71. The summed E-state index contributed by atoms with van der Waals surface area (Å²) in [6.07, 6.45) is 1.01. The minimum Gasteiger partial charge on any atom is -0.368 e. The number of nitrogens with two attached hydrogens (primary N) is 1. The number of primary amides is 1. The number of ketones is 1. The summed E-state index contributed by atoms with van der Waals surface area (Å²) in [4.78, 5) is 52.2. The van der Waals surface area contributed by atoms with E-state index in [9.17, 15) is 19.2 Å². The average Bonchev–Trinajstić information content (AvgIpc) is 3.17. The Morgan fingerprint density at radius 1 is 1.16 bits per heavy atom. The molecule has 4 rings (SSSR count). The second-order valence-electron chi connectivity index (χ2n) is 7.92. The molecule has 3 unspecified atom stereocenters. The van der Waals surface area contributed by atoms with Crippen LogP contribution >= 0.6 is 23.4 Å². The molecule has 1 fully saturated rings. The molecule has 0 spiro atoms. The standard InChI is InChI=1S/C23H22ClN3O4S/c24-15-7-9-17-18(11-15)32-21(13-4-2-1-3-5-13)20(23(31)27(17)12-19(25)29)26-22(30)14-6-8-16(28)10-14/h1-5,7,9,11,14,20-21H,6,8,10,12H2,(H2,25,29)(H,26,30). The predicted molar refractivity (Wildman–Crippen MR) is 122 cm³/mol. The number of Topliss-reactive ketones (excluding diaryl/α,β-unsaturated/α-hetero) is 1. The van der Waals surface area contributed by atoms with E-state index in [1.807, 2.05) is 30.3 Å². The van der Waals surface area contributed by atoms with Gasteiger partial charge in [-0.2, -0.15) is 0 Å². The van der Waals surface area contributed by atoms with Gasteiger partial charge in [0.2, 0.25) is 11.8 Å². The van der Waals surface area contributed by atoms with Crippen LogP contribution in [-0.4, -0.2) is 36.1 Å². The van der Waals surface area contributed by atoms with Crippen molar-refractivity contribution in [2.75, 3.05) is 11.4 Å². The molecule has 2 aromatic rings. The second kappa shape index (κ2) is 9.34. The van der Waals surface area contributed by atoms with Crippen molar-refractivity contribution in [2.24, 2.45) is 11.7 Å². The van der Waals surface area contributed by atoms with Gasteiger partial charge in [-0.05, 0) is 30.2 Å². The Morgan fingerprint density at radius 2 is 1.91 bits per heavy atom. The zero-order chi connectivity index (χ0) is 22.8. The molecule has 1 aliphatic carbocycles. The topological polar surface area (TPSA) is 110 Å². The van der Waals surface area contributed by atoms with Gasteiger partial charge in [-0.25, -0.2) is 0 Å². The Balaban J connectivity index is 1.77. The van der Waals surface area contributed by atoms with Crippen molar-refractivity contribution < 1.29 is 19.2 Å². The molecule has 0 bridgehead atoms. The maximum atomic E-state index is 13.7. The molecule has 0 saturated heterocycles. The van der Waals surface area contributed by atoms with Crippen LogP contribution in [0, 0.1) is 5.92 Å². The van der Waals surface area contributed by atoms with E-state index in [4.69, 9.17) is 17.3 Å². The molecule has 166 valence electrons. The predicted octanol–water partition coefficient (Wildman–Crippen LogP) is 2.86. The summed E-state index contributed by atoms with van der Waals surface area (Å²) >= 11 is 7.62. The van der Waals surface area contributed by atoms with Crippen LogP contribution in [0.2, 0.25) is 5.02 Å². The lowest BCUT2D eigenvalue weighted by Crippen LogP contribution is -2.53. The van der Waals surface area contributed by atoms with Crippen LogP contribution in [0.15, 0.2) is 53.4 Å². The molecule has 2 aromatic carbocycles. The van der Waals surface area contributed by atoms with Gasteiger partial charge in [0.25, 0.3) is 5.91 Å². The van der Waals surface area contributed by atoms with Gasteiger partial charge in [0.05, 0.1) is 10.9 Å². The summed E-state index contributed by atoms with van der Waals surface area (Å²) in [5.74, 6) is -1.86. The lowest BCUT2D eigenvalue weighted by Gasteiger charge is -2.29. The van der Waals surface area contributed by atoms with Gasteiger partial charge in [-0.15, -0.1) is 11.8 Å². The molecule has 9 heteroatoms. The van der Waals surface area contributed by atoms with E-state index in [0.29, 0.717) is 28.4 Å². The molecule has 1 aliphatic heterocycles. The van der Waals surface area contributed by atoms with Gasteiger partial charge >= 0.3 is 0 Å². The van der Waals surface area contributed by atoms with E-state index in [1.165, 1.54) is 16.7 Å². The number of rotatable bonds is 5. The minimum absolute atomic E-state index is 0.0451. The first-order valence-corrected chi connectivity index (χ1v) is 11.5. The van der Waals surface area contributed by atoms with Crippen LogP contribution in [0.5, 0.6) is 0 Å². The van der Waals surface area contributed by atoms with Crippen molar-refractivity contribution in [1.82, 2.24) is 5.32 Å². The molecule has 7 nitrogen and oxygen atoms in total. The number of carbonyl (C=O) groups is 4. The highest BCUT2D eigenvalue weighted by Crippen LogP contribution is 2.46. The maximum Gasteiger partial charge on any atom is 0.251 e. The molecule has 0 radical (unpaired) electrons. The smallest absolute Gasteiger partial charge is 0.251 e. The van der Waals surface area contributed by atoms with Gasteiger partial charge < -0.3 is 16.0 Å². The zero-order valence-corrected chi connectivity index (χ0v) is 18.7. The zero-order valence-electron chi connectivity index (χ0n) is 17.1. The van der Waals surface area contributed by atoms with Crippen molar-refractivity contribution in [3.63, 3.8) is 0 Å². The molecule has 3 atom stereocenters. The van der Waals surface area contributed by atoms with Crippen LogP contribution in [0.4, 0.5) is 5.69 Å². The van der Waals surface area contributed by atoms with Gasteiger partial charge in [-0.3, -0.25) is 19.2 Å².